The summed E-state index contributed by atoms with van der Waals surface area (Å²) in [6, 6.07) is 5.20. The van der Waals surface area contributed by atoms with Crippen LogP contribution in [0.1, 0.15) is 19.4 Å². The Morgan fingerprint density at radius 3 is 2.20 bits per heavy atom. The van der Waals surface area contributed by atoms with Crippen LogP contribution < -0.4 is 4.72 Å². The van der Waals surface area contributed by atoms with Gasteiger partial charge >= 0.3 is 0 Å². The van der Waals surface area contributed by atoms with Crippen LogP contribution in [0, 0.1) is 6.92 Å². The molecule has 4 N–H and O–H groups in total. The van der Waals surface area contributed by atoms with Crippen LogP contribution in [0.15, 0.2) is 29.2 Å². The molecule has 0 aromatic heterocycles. The molecule has 0 aliphatic carbocycles. The van der Waals surface area contributed by atoms with E-state index in [1.165, 1.54) is 12.1 Å². The van der Waals surface area contributed by atoms with Crippen molar-refractivity contribution < 1.29 is 33.2 Å². The number of aliphatic hydroxyl groups excluding tert-OH is 3. The van der Waals surface area contributed by atoms with Crippen molar-refractivity contribution in [3.05, 3.63) is 29.8 Å². The second kappa shape index (κ2) is 7.67. The van der Waals surface area contributed by atoms with Gasteiger partial charge in [-0.15, -0.1) is 0 Å². The highest BCUT2D eigenvalue weighted by Crippen LogP contribution is 2.32. The van der Waals surface area contributed by atoms with E-state index in [1.807, 2.05) is 6.92 Å². The Morgan fingerprint density at radius 2 is 1.68 bits per heavy atom. The molecule has 8 nitrogen and oxygen atoms in total. The second-order valence-electron chi connectivity index (χ2n) is 6.54. The smallest absolute Gasteiger partial charge is 0.240 e. The van der Waals surface area contributed by atoms with E-state index in [0.717, 1.165) is 5.56 Å². The summed E-state index contributed by atoms with van der Waals surface area (Å²) in [6.45, 7) is 3.90. The van der Waals surface area contributed by atoms with Gasteiger partial charge in [0.15, 0.2) is 5.79 Å². The van der Waals surface area contributed by atoms with Crippen LogP contribution in [0.4, 0.5) is 0 Å². The predicted molar refractivity (Wildman–Crippen MR) is 89.3 cm³/mol. The fourth-order valence-electron chi connectivity index (χ4n) is 2.72. The van der Waals surface area contributed by atoms with Crippen molar-refractivity contribution in [2.45, 2.75) is 55.8 Å². The standard InChI is InChI=1S/C16H25NO7S/c1-10-4-6-11(7-5-10)25(21,22)17-12(8-18)14-15(13(20)9-19)24-16(2,3)23-14/h4-7,12-15,17-20H,8-9H2,1-3H3/t12-,13+,14+,15+/m0/s1. The van der Waals surface area contributed by atoms with Crippen LogP contribution in [0.2, 0.25) is 0 Å². The van der Waals surface area contributed by atoms with Crippen molar-refractivity contribution in [1.82, 2.24) is 4.72 Å². The third-order valence-electron chi connectivity index (χ3n) is 3.96. The molecule has 0 spiro atoms. The molecule has 1 fully saturated rings. The highest BCUT2D eigenvalue weighted by Gasteiger charge is 2.48. The summed E-state index contributed by atoms with van der Waals surface area (Å²) in [6.07, 6.45) is -3.23. The Balaban J connectivity index is 2.24. The Labute approximate surface area is 147 Å². The van der Waals surface area contributed by atoms with Gasteiger partial charge in [0.2, 0.25) is 10.0 Å². The number of rotatable bonds is 7. The quantitative estimate of drug-likeness (QED) is 0.507. The van der Waals surface area contributed by atoms with Crippen LogP contribution >= 0.6 is 0 Å². The molecular weight excluding hydrogens is 350 g/mol. The summed E-state index contributed by atoms with van der Waals surface area (Å²) in [5.41, 5.74) is 0.915. The largest absolute Gasteiger partial charge is 0.395 e. The molecule has 1 saturated heterocycles. The van der Waals surface area contributed by atoms with Crippen LogP contribution in [0.5, 0.6) is 0 Å². The number of aliphatic hydroxyl groups is 3. The Bertz CT molecular complexity index is 674. The van der Waals surface area contributed by atoms with Gasteiger partial charge in [-0.3, -0.25) is 0 Å². The minimum Gasteiger partial charge on any atom is -0.395 e. The average Bonchev–Trinajstić information content (AvgIpc) is 2.88. The number of sulfonamides is 1. The number of nitrogens with one attached hydrogen (secondary N) is 1. The zero-order valence-corrected chi connectivity index (χ0v) is 15.2. The maximum atomic E-state index is 12.5. The van der Waals surface area contributed by atoms with Gasteiger partial charge in [0.05, 0.1) is 24.2 Å². The molecule has 25 heavy (non-hydrogen) atoms. The van der Waals surface area contributed by atoms with Gasteiger partial charge in [-0.25, -0.2) is 13.1 Å². The zero-order valence-electron chi connectivity index (χ0n) is 14.4. The fourth-order valence-corrected chi connectivity index (χ4v) is 3.96. The molecule has 1 aromatic rings. The van der Waals surface area contributed by atoms with E-state index < -0.39 is 53.4 Å². The number of hydrogen-bond donors (Lipinski definition) is 4. The topological polar surface area (TPSA) is 125 Å². The van der Waals surface area contributed by atoms with E-state index in [9.17, 15) is 23.7 Å². The van der Waals surface area contributed by atoms with Gasteiger partial charge in [0.1, 0.15) is 18.3 Å². The third-order valence-corrected chi connectivity index (χ3v) is 5.47. The van der Waals surface area contributed by atoms with Crippen molar-refractivity contribution in [1.29, 1.82) is 0 Å². The highest BCUT2D eigenvalue weighted by molar-refractivity contribution is 7.89. The lowest BCUT2D eigenvalue weighted by molar-refractivity contribution is -0.158. The molecule has 1 aromatic carbocycles. The summed E-state index contributed by atoms with van der Waals surface area (Å²) >= 11 is 0. The Hall–Kier alpha value is -1.07. The maximum Gasteiger partial charge on any atom is 0.240 e. The van der Waals surface area contributed by atoms with Gasteiger partial charge in [0.25, 0.3) is 0 Å². The third kappa shape index (κ3) is 4.76. The van der Waals surface area contributed by atoms with E-state index in [4.69, 9.17) is 9.47 Å². The van der Waals surface area contributed by atoms with Crippen molar-refractivity contribution >= 4 is 10.0 Å². The molecule has 0 amide bonds. The first-order valence-electron chi connectivity index (χ1n) is 7.94. The molecule has 1 aliphatic rings. The first-order valence-corrected chi connectivity index (χ1v) is 9.42. The molecule has 142 valence electrons. The van der Waals surface area contributed by atoms with Crippen molar-refractivity contribution in [2.24, 2.45) is 0 Å². The number of hydrogen-bond acceptors (Lipinski definition) is 7. The lowest BCUT2D eigenvalue weighted by atomic mass is 10.0. The molecule has 4 atom stereocenters. The fraction of sp³-hybridized carbons (Fsp3) is 0.625. The van der Waals surface area contributed by atoms with Crippen LogP contribution in [-0.2, 0) is 19.5 Å². The van der Waals surface area contributed by atoms with Crippen molar-refractivity contribution in [3.8, 4) is 0 Å². The van der Waals surface area contributed by atoms with E-state index in [1.54, 1.807) is 26.0 Å². The summed E-state index contributed by atoms with van der Waals surface area (Å²) < 4.78 is 38.7. The zero-order chi connectivity index (χ0) is 18.8. The van der Waals surface area contributed by atoms with Gasteiger partial charge < -0.3 is 24.8 Å². The summed E-state index contributed by atoms with van der Waals surface area (Å²) in [5.74, 6) is -1.09. The van der Waals surface area contributed by atoms with Gasteiger partial charge in [-0.05, 0) is 32.9 Å². The highest BCUT2D eigenvalue weighted by atomic mass is 32.2. The monoisotopic (exact) mass is 375 g/mol. The van der Waals surface area contributed by atoms with E-state index >= 15 is 0 Å². The second-order valence-corrected chi connectivity index (χ2v) is 8.25. The summed E-state index contributed by atoms with van der Waals surface area (Å²) in [7, 11) is -3.91. The van der Waals surface area contributed by atoms with Gasteiger partial charge in [0, 0.05) is 0 Å². The SMILES string of the molecule is Cc1ccc(S(=O)(=O)N[C@@H](CO)[C@H]2OC(C)(C)O[C@@H]2[C@H](O)CO)cc1. The number of ether oxygens (including phenoxy) is 2. The maximum absolute atomic E-state index is 12.5. The summed E-state index contributed by atoms with van der Waals surface area (Å²) in [4.78, 5) is 0.0500. The van der Waals surface area contributed by atoms with Crippen LogP contribution in [0.25, 0.3) is 0 Å². The minimum absolute atomic E-state index is 0.0500. The molecule has 0 radical (unpaired) electrons. The molecular formula is C16H25NO7S. The Morgan fingerprint density at radius 1 is 1.12 bits per heavy atom. The van der Waals surface area contributed by atoms with Crippen molar-refractivity contribution in [2.75, 3.05) is 13.2 Å². The first-order chi connectivity index (χ1) is 11.6. The first kappa shape index (κ1) is 20.2. The lowest BCUT2D eigenvalue weighted by Crippen LogP contribution is -2.52. The molecule has 0 saturated carbocycles. The molecule has 0 bridgehead atoms. The number of benzene rings is 1. The number of aryl methyl sites for hydroxylation is 1. The predicted octanol–water partition coefficient (Wildman–Crippen LogP) is -0.492. The normalized spacial score (nSPS) is 25.7. The summed E-state index contributed by atoms with van der Waals surface area (Å²) in [5, 5.41) is 28.8. The molecule has 0 unspecified atom stereocenters. The molecule has 1 heterocycles. The molecule has 2 rings (SSSR count). The van der Waals surface area contributed by atoms with E-state index in [2.05, 4.69) is 4.72 Å². The average molecular weight is 375 g/mol. The van der Waals surface area contributed by atoms with Gasteiger partial charge in [-0.1, -0.05) is 17.7 Å². The van der Waals surface area contributed by atoms with Crippen LogP contribution in [-0.4, -0.2) is 67.1 Å². The molecule has 1 aliphatic heterocycles. The van der Waals surface area contributed by atoms with E-state index in [-0.39, 0.29) is 4.90 Å². The molecule has 9 heteroatoms. The van der Waals surface area contributed by atoms with Crippen molar-refractivity contribution in [3.63, 3.8) is 0 Å². The van der Waals surface area contributed by atoms with Crippen LogP contribution in [0.3, 0.4) is 0 Å². The minimum atomic E-state index is -3.91. The Kier molecular flexibility index (Phi) is 6.21. The lowest BCUT2D eigenvalue weighted by Gasteiger charge is -2.27. The van der Waals surface area contributed by atoms with Gasteiger partial charge in [-0.2, -0.15) is 0 Å². The van der Waals surface area contributed by atoms with E-state index in [0.29, 0.717) is 0 Å².